The van der Waals surface area contributed by atoms with Crippen molar-refractivity contribution < 1.29 is 9.59 Å². The van der Waals surface area contributed by atoms with Crippen LogP contribution in [0.4, 0.5) is 11.4 Å². The Kier molecular flexibility index (Phi) is 15.1. The summed E-state index contributed by atoms with van der Waals surface area (Å²) in [6.45, 7) is 16.6. The van der Waals surface area contributed by atoms with Gasteiger partial charge in [0.05, 0.1) is 0 Å². The second kappa shape index (κ2) is 18.7. The Morgan fingerprint density at radius 3 is 1.50 bits per heavy atom. The van der Waals surface area contributed by atoms with Crippen LogP contribution in [0.25, 0.3) is 0 Å². The third-order valence-corrected chi connectivity index (χ3v) is 8.98. The highest BCUT2D eigenvalue weighted by Crippen LogP contribution is 2.24. The maximum Gasteiger partial charge on any atom is 0.244 e. The molecule has 2 atom stereocenters. The standard InChI is InChI=1S/C36H62N8O2/c1-7-9-11-13-18-43-31(20-27(3)4)23-41(35(43)37)25-33(45)39-29-16-15-17-30(22-29)40-34(46)26-42-24-32(21-28(5)6)44(36(42)38)19-14-12-10-8-2/h15-17,22,27-28,31-32,37-38H,7-14,18-21,23-26H2,1-6H3,(H,39,45)(H,40,46)/t31-,32-/m0/s1. The summed E-state index contributed by atoms with van der Waals surface area (Å²) in [6, 6.07) is 7.72. The first kappa shape index (κ1) is 37.2. The molecule has 1 aromatic rings. The zero-order valence-corrected chi connectivity index (χ0v) is 29.5. The van der Waals surface area contributed by atoms with Gasteiger partial charge in [-0.15, -0.1) is 0 Å². The molecule has 0 spiro atoms. The van der Waals surface area contributed by atoms with Gasteiger partial charge in [0.25, 0.3) is 0 Å². The molecule has 10 nitrogen and oxygen atoms in total. The molecule has 0 saturated carbocycles. The Labute approximate surface area is 278 Å². The zero-order chi connectivity index (χ0) is 33.6. The van der Waals surface area contributed by atoms with E-state index in [0.717, 1.165) is 38.8 Å². The molecular weight excluding hydrogens is 576 g/mol. The maximum atomic E-state index is 13.1. The van der Waals surface area contributed by atoms with E-state index in [1.54, 1.807) is 6.07 Å². The lowest BCUT2D eigenvalue weighted by molar-refractivity contribution is -0.117. The van der Waals surface area contributed by atoms with Gasteiger partial charge in [-0.2, -0.15) is 0 Å². The van der Waals surface area contributed by atoms with Crippen LogP contribution in [0, 0.1) is 22.7 Å². The third kappa shape index (κ3) is 11.5. The summed E-state index contributed by atoms with van der Waals surface area (Å²) in [5.74, 6) is 1.58. The predicted molar refractivity (Wildman–Crippen MR) is 190 cm³/mol. The number of rotatable bonds is 20. The van der Waals surface area contributed by atoms with Crippen LogP contribution < -0.4 is 10.6 Å². The van der Waals surface area contributed by atoms with Crippen molar-refractivity contribution in [3.63, 3.8) is 0 Å². The van der Waals surface area contributed by atoms with Crippen molar-refractivity contribution in [2.45, 2.75) is 118 Å². The number of benzene rings is 1. The lowest BCUT2D eigenvalue weighted by atomic mass is 10.0. The monoisotopic (exact) mass is 638 g/mol. The molecule has 4 N–H and O–H groups in total. The van der Waals surface area contributed by atoms with Gasteiger partial charge in [-0.25, -0.2) is 0 Å². The molecule has 0 radical (unpaired) electrons. The summed E-state index contributed by atoms with van der Waals surface area (Å²) in [4.78, 5) is 34.4. The molecule has 2 heterocycles. The summed E-state index contributed by atoms with van der Waals surface area (Å²) in [6.07, 6.45) is 11.3. The van der Waals surface area contributed by atoms with Gasteiger partial charge in [0.15, 0.2) is 11.9 Å². The van der Waals surface area contributed by atoms with Crippen molar-refractivity contribution >= 4 is 35.1 Å². The number of anilines is 2. The molecule has 2 saturated heterocycles. The van der Waals surface area contributed by atoms with Crippen molar-refractivity contribution in [1.82, 2.24) is 19.6 Å². The summed E-state index contributed by atoms with van der Waals surface area (Å²) in [5.41, 5.74) is 1.21. The van der Waals surface area contributed by atoms with Crippen LogP contribution >= 0.6 is 0 Å². The third-order valence-electron chi connectivity index (χ3n) is 8.98. The first-order valence-corrected chi connectivity index (χ1v) is 17.9. The first-order valence-electron chi connectivity index (χ1n) is 17.9. The molecule has 1 aromatic carbocycles. The van der Waals surface area contributed by atoms with E-state index in [1.165, 1.54) is 38.5 Å². The molecular formula is C36H62N8O2. The predicted octanol–water partition coefficient (Wildman–Crippen LogP) is 6.66. The average Bonchev–Trinajstić information content (AvgIpc) is 3.42. The summed E-state index contributed by atoms with van der Waals surface area (Å²) >= 11 is 0. The van der Waals surface area contributed by atoms with Crippen LogP contribution in [-0.2, 0) is 9.59 Å². The van der Waals surface area contributed by atoms with Gasteiger partial charge in [-0.3, -0.25) is 20.4 Å². The molecule has 2 aliphatic heterocycles. The molecule has 2 amide bonds. The van der Waals surface area contributed by atoms with Gasteiger partial charge in [0, 0.05) is 49.6 Å². The summed E-state index contributed by atoms with van der Waals surface area (Å²) in [7, 11) is 0. The van der Waals surface area contributed by atoms with Crippen LogP contribution in [0.1, 0.15) is 106 Å². The number of unbranched alkanes of at least 4 members (excludes halogenated alkanes) is 6. The molecule has 46 heavy (non-hydrogen) atoms. The lowest BCUT2D eigenvalue weighted by Crippen LogP contribution is -2.39. The lowest BCUT2D eigenvalue weighted by Gasteiger charge is -2.26. The summed E-state index contributed by atoms with van der Waals surface area (Å²) in [5, 5.41) is 23.6. The number of nitrogens with zero attached hydrogens (tertiary/aromatic N) is 4. The molecule has 0 unspecified atom stereocenters. The minimum absolute atomic E-state index is 0.124. The van der Waals surface area contributed by atoms with Gasteiger partial charge < -0.3 is 30.2 Å². The number of nitrogens with one attached hydrogen (secondary N) is 4. The van der Waals surface area contributed by atoms with Gasteiger partial charge >= 0.3 is 0 Å². The van der Waals surface area contributed by atoms with E-state index in [4.69, 9.17) is 10.8 Å². The largest absolute Gasteiger partial charge is 0.338 e. The van der Waals surface area contributed by atoms with Gasteiger partial charge in [-0.05, 0) is 55.7 Å². The Hall–Kier alpha value is -3.30. The zero-order valence-electron chi connectivity index (χ0n) is 29.5. The average molecular weight is 639 g/mol. The molecule has 2 fully saturated rings. The number of guanidine groups is 2. The van der Waals surface area contributed by atoms with Gasteiger partial charge in [0.1, 0.15) is 13.1 Å². The fraction of sp³-hybridized carbons (Fsp3) is 0.722. The van der Waals surface area contributed by atoms with Crippen LogP contribution in [0.2, 0.25) is 0 Å². The highest BCUT2D eigenvalue weighted by Gasteiger charge is 2.36. The van der Waals surface area contributed by atoms with Crippen LogP contribution in [0.15, 0.2) is 24.3 Å². The Morgan fingerprint density at radius 1 is 0.717 bits per heavy atom. The van der Waals surface area contributed by atoms with Crippen molar-refractivity contribution in [3.05, 3.63) is 24.3 Å². The number of hydrogen-bond donors (Lipinski definition) is 4. The molecule has 0 aliphatic carbocycles. The Morgan fingerprint density at radius 2 is 1.13 bits per heavy atom. The molecule has 0 aromatic heterocycles. The van der Waals surface area contributed by atoms with Gasteiger partial charge in [0.2, 0.25) is 11.8 Å². The molecule has 10 heteroatoms. The number of amides is 2. The molecule has 0 bridgehead atoms. The fourth-order valence-electron chi connectivity index (χ4n) is 6.78. The quantitative estimate of drug-likeness (QED) is 0.119. The van der Waals surface area contributed by atoms with E-state index in [9.17, 15) is 9.59 Å². The maximum absolute atomic E-state index is 13.1. The first-order chi connectivity index (χ1) is 22.0. The number of carbonyl (C=O) groups excluding carboxylic acids is 2. The van der Waals surface area contributed by atoms with Crippen LogP contribution in [0.5, 0.6) is 0 Å². The topological polar surface area (TPSA) is 119 Å². The number of carbonyl (C=O) groups is 2. The number of hydrogen-bond acceptors (Lipinski definition) is 4. The SMILES string of the molecule is CCCCCCN1C(=N)N(CC(=O)Nc2cccc(NC(=O)CN3C[C@H](CC(C)C)N(CCCCCC)C3=N)c2)C[C@@H]1CC(C)C. The van der Waals surface area contributed by atoms with E-state index in [1.807, 2.05) is 28.0 Å². The second-order valence-electron chi connectivity index (χ2n) is 14.2. The van der Waals surface area contributed by atoms with Crippen LogP contribution in [0.3, 0.4) is 0 Å². The summed E-state index contributed by atoms with van der Waals surface area (Å²) < 4.78 is 0. The van der Waals surface area contributed by atoms with Crippen molar-refractivity contribution in [1.29, 1.82) is 10.8 Å². The Bertz CT molecular complexity index is 1060. The smallest absolute Gasteiger partial charge is 0.244 e. The van der Waals surface area contributed by atoms with E-state index in [-0.39, 0.29) is 37.0 Å². The molecule has 3 rings (SSSR count). The molecule has 2 aliphatic rings. The van der Waals surface area contributed by atoms with Crippen molar-refractivity contribution in [2.24, 2.45) is 11.8 Å². The fourth-order valence-corrected chi connectivity index (χ4v) is 6.78. The minimum atomic E-state index is -0.176. The van der Waals surface area contributed by atoms with Crippen LogP contribution in [-0.4, -0.2) is 94.7 Å². The highest BCUT2D eigenvalue weighted by molar-refractivity contribution is 5.98. The van der Waals surface area contributed by atoms with E-state index in [2.05, 4.69) is 62.0 Å². The molecule has 258 valence electrons. The van der Waals surface area contributed by atoms with E-state index >= 15 is 0 Å². The van der Waals surface area contributed by atoms with Crippen molar-refractivity contribution in [2.75, 3.05) is 49.9 Å². The Balaban J connectivity index is 1.54. The second-order valence-corrected chi connectivity index (χ2v) is 14.2. The normalized spacial score (nSPS) is 18.4. The minimum Gasteiger partial charge on any atom is -0.338 e. The highest BCUT2D eigenvalue weighted by atomic mass is 16.2. The van der Waals surface area contributed by atoms with E-state index < -0.39 is 0 Å². The van der Waals surface area contributed by atoms with E-state index in [0.29, 0.717) is 48.2 Å². The van der Waals surface area contributed by atoms with Gasteiger partial charge in [-0.1, -0.05) is 86.1 Å². The van der Waals surface area contributed by atoms with Crippen molar-refractivity contribution in [3.8, 4) is 0 Å².